The maximum absolute atomic E-state index is 14.9. The SMILES string of the molecule is Cc1cc(F)ccc1NC(=O)c1cccnc1Nc1ccc(Oc2ccnc3[nH]ccc23)c(F)c1. The Labute approximate surface area is 198 Å². The van der Waals surface area contributed by atoms with Crippen LogP contribution >= 0.6 is 0 Å². The van der Waals surface area contributed by atoms with Gasteiger partial charge in [0.15, 0.2) is 11.6 Å². The minimum Gasteiger partial charge on any atom is -0.453 e. The van der Waals surface area contributed by atoms with Gasteiger partial charge in [-0.25, -0.2) is 18.7 Å². The highest BCUT2D eigenvalue weighted by Crippen LogP contribution is 2.32. The van der Waals surface area contributed by atoms with Gasteiger partial charge in [0.05, 0.1) is 10.9 Å². The fraction of sp³-hybridized carbons (Fsp3) is 0.0385. The Morgan fingerprint density at radius 3 is 2.69 bits per heavy atom. The number of aromatic nitrogens is 3. The van der Waals surface area contributed by atoms with Crippen molar-refractivity contribution in [1.29, 1.82) is 0 Å². The van der Waals surface area contributed by atoms with Gasteiger partial charge in [-0.1, -0.05) is 0 Å². The quantitative estimate of drug-likeness (QED) is 0.269. The van der Waals surface area contributed by atoms with Gasteiger partial charge in [-0.05, 0) is 67.1 Å². The zero-order chi connectivity index (χ0) is 24.4. The summed E-state index contributed by atoms with van der Waals surface area (Å²) in [6.07, 6.45) is 4.82. The number of ether oxygens (including phenoxy) is 1. The van der Waals surface area contributed by atoms with E-state index in [4.69, 9.17) is 4.74 Å². The lowest BCUT2D eigenvalue weighted by atomic mass is 10.1. The average molecular weight is 471 g/mol. The average Bonchev–Trinajstić information content (AvgIpc) is 3.33. The van der Waals surface area contributed by atoms with Gasteiger partial charge in [-0.3, -0.25) is 4.79 Å². The highest BCUT2D eigenvalue weighted by atomic mass is 19.1. The van der Waals surface area contributed by atoms with Crippen LogP contribution in [-0.4, -0.2) is 20.9 Å². The summed E-state index contributed by atoms with van der Waals surface area (Å²) in [5.41, 5.74) is 2.32. The van der Waals surface area contributed by atoms with Crippen LogP contribution in [0.1, 0.15) is 15.9 Å². The van der Waals surface area contributed by atoms with E-state index >= 15 is 0 Å². The number of anilines is 3. The normalized spacial score (nSPS) is 10.8. The molecule has 174 valence electrons. The minimum absolute atomic E-state index is 0.0371. The van der Waals surface area contributed by atoms with E-state index in [9.17, 15) is 13.6 Å². The number of amides is 1. The molecule has 7 nitrogen and oxygen atoms in total. The molecule has 0 fully saturated rings. The van der Waals surface area contributed by atoms with Crippen molar-refractivity contribution in [3.63, 3.8) is 0 Å². The molecule has 0 saturated carbocycles. The van der Waals surface area contributed by atoms with Crippen LogP contribution < -0.4 is 15.4 Å². The molecule has 5 rings (SSSR count). The van der Waals surface area contributed by atoms with Crippen molar-refractivity contribution in [2.24, 2.45) is 0 Å². The standard InChI is InChI=1S/C26H19F2N5O2/c1-15-13-16(27)4-6-21(15)33-26(34)19-3-2-10-29-25(19)32-17-5-7-23(20(28)14-17)35-22-9-12-31-24-18(22)8-11-30-24/h2-14H,1H3,(H,29,32)(H,30,31)(H,33,34). The Balaban J connectivity index is 1.35. The topological polar surface area (TPSA) is 91.9 Å². The predicted molar refractivity (Wildman–Crippen MR) is 129 cm³/mol. The number of H-pyrrole nitrogens is 1. The molecule has 1 amide bonds. The zero-order valence-electron chi connectivity index (χ0n) is 18.5. The highest BCUT2D eigenvalue weighted by molar-refractivity contribution is 6.08. The summed E-state index contributed by atoms with van der Waals surface area (Å²) in [5.74, 6) is -0.685. The smallest absolute Gasteiger partial charge is 0.259 e. The minimum atomic E-state index is -0.598. The van der Waals surface area contributed by atoms with E-state index < -0.39 is 11.7 Å². The zero-order valence-corrected chi connectivity index (χ0v) is 18.5. The lowest BCUT2D eigenvalue weighted by Gasteiger charge is -2.13. The number of benzene rings is 2. The van der Waals surface area contributed by atoms with Crippen LogP contribution in [0.5, 0.6) is 11.5 Å². The number of aromatic amines is 1. The summed E-state index contributed by atoms with van der Waals surface area (Å²) in [5, 5.41) is 6.46. The third kappa shape index (κ3) is 4.65. The van der Waals surface area contributed by atoms with Crippen molar-refractivity contribution in [1.82, 2.24) is 15.0 Å². The van der Waals surface area contributed by atoms with Gasteiger partial charge in [-0.2, -0.15) is 0 Å². The van der Waals surface area contributed by atoms with Gasteiger partial charge in [-0.15, -0.1) is 0 Å². The third-order valence-corrected chi connectivity index (χ3v) is 5.32. The van der Waals surface area contributed by atoms with E-state index in [2.05, 4.69) is 25.6 Å². The molecule has 35 heavy (non-hydrogen) atoms. The molecule has 3 heterocycles. The van der Waals surface area contributed by atoms with Crippen LogP contribution in [0, 0.1) is 18.6 Å². The molecule has 0 atom stereocenters. The molecule has 0 bridgehead atoms. The van der Waals surface area contributed by atoms with Crippen molar-refractivity contribution in [3.8, 4) is 11.5 Å². The Bertz CT molecular complexity index is 1550. The number of nitrogens with zero attached hydrogens (tertiary/aromatic N) is 2. The largest absolute Gasteiger partial charge is 0.453 e. The summed E-state index contributed by atoms with van der Waals surface area (Å²) in [7, 11) is 0. The van der Waals surface area contributed by atoms with Crippen LogP contribution in [0.2, 0.25) is 0 Å². The molecular weight excluding hydrogens is 452 g/mol. The van der Waals surface area contributed by atoms with Gasteiger partial charge in [0.25, 0.3) is 5.91 Å². The first-order valence-electron chi connectivity index (χ1n) is 10.7. The highest BCUT2D eigenvalue weighted by Gasteiger charge is 2.15. The molecule has 0 aliphatic rings. The second kappa shape index (κ2) is 9.22. The number of aryl methyl sites for hydroxylation is 1. The van der Waals surface area contributed by atoms with Gasteiger partial charge in [0, 0.05) is 36.0 Å². The molecule has 0 aliphatic carbocycles. The number of rotatable bonds is 6. The van der Waals surface area contributed by atoms with Crippen molar-refractivity contribution in [3.05, 3.63) is 102 Å². The number of hydrogen-bond donors (Lipinski definition) is 3. The van der Waals surface area contributed by atoms with E-state index in [1.54, 1.807) is 49.6 Å². The summed E-state index contributed by atoms with van der Waals surface area (Å²) >= 11 is 0. The van der Waals surface area contributed by atoms with Gasteiger partial charge in [0.2, 0.25) is 0 Å². The number of nitrogens with one attached hydrogen (secondary N) is 3. The van der Waals surface area contributed by atoms with Crippen LogP contribution in [-0.2, 0) is 0 Å². The second-order valence-corrected chi connectivity index (χ2v) is 7.73. The maximum Gasteiger partial charge on any atom is 0.259 e. The van der Waals surface area contributed by atoms with E-state index in [-0.39, 0.29) is 22.9 Å². The molecular formula is C26H19F2N5O2. The Kier molecular flexibility index (Phi) is 5.80. The fourth-order valence-corrected chi connectivity index (χ4v) is 3.59. The molecule has 3 aromatic heterocycles. The Morgan fingerprint density at radius 2 is 1.86 bits per heavy atom. The molecule has 0 unspecified atom stereocenters. The summed E-state index contributed by atoms with van der Waals surface area (Å²) in [4.78, 5) is 24.3. The molecule has 2 aromatic carbocycles. The number of carbonyl (C=O) groups is 1. The number of carbonyl (C=O) groups excluding carboxylic acids is 1. The van der Waals surface area contributed by atoms with Crippen LogP contribution in [0.15, 0.2) is 79.3 Å². The van der Waals surface area contributed by atoms with Crippen molar-refractivity contribution in [2.75, 3.05) is 10.6 Å². The third-order valence-electron chi connectivity index (χ3n) is 5.32. The molecule has 0 saturated heterocycles. The molecule has 9 heteroatoms. The molecule has 3 N–H and O–H groups in total. The maximum atomic E-state index is 14.9. The number of hydrogen-bond acceptors (Lipinski definition) is 5. The summed E-state index contributed by atoms with van der Waals surface area (Å²) in [6, 6.07) is 15.1. The van der Waals surface area contributed by atoms with Crippen molar-refractivity contribution in [2.45, 2.75) is 6.92 Å². The van der Waals surface area contributed by atoms with E-state index in [1.165, 1.54) is 36.5 Å². The Morgan fingerprint density at radius 1 is 0.971 bits per heavy atom. The van der Waals surface area contributed by atoms with Crippen molar-refractivity contribution >= 4 is 34.1 Å². The summed E-state index contributed by atoms with van der Waals surface area (Å²) < 4.78 is 34.0. The predicted octanol–water partition coefficient (Wildman–Crippen LogP) is 6.33. The van der Waals surface area contributed by atoms with Gasteiger partial charge in [0.1, 0.15) is 23.0 Å². The van der Waals surface area contributed by atoms with Crippen molar-refractivity contribution < 1.29 is 18.3 Å². The summed E-state index contributed by atoms with van der Waals surface area (Å²) in [6.45, 7) is 1.69. The fourth-order valence-electron chi connectivity index (χ4n) is 3.59. The molecule has 5 aromatic rings. The monoisotopic (exact) mass is 471 g/mol. The van der Waals surface area contributed by atoms with Crippen LogP contribution in [0.25, 0.3) is 11.0 Å². The molecule has 0 aliphatic heterocycles. The van der Waals surface area contributed by atoms with Crippen LogP contribution in [0.4, 0.5) is 26.0 Å². The molecule has 0 radical (unpaired) electrons. The first kappa shape index (κ1) is 22.0. The van der Waals surface area contributed by atoms with Gasteiger partial charge >= 0.3 is 0 Å². The van der Waals surface area contributed by atoms with Crippen LogP contribution in [0.3, 0.4) is 0 Å². The lowest BCUT2D eigenvalue weighted by molar-refractivity contribution is 0.102. The van der Waals surface area contributed by atoms with Gasteiger partial charge < -0.3 is 20.4 Å². The Hall–Kier alpha value is -4.79. The lowest BCUT2D eigenvalue weighted by Crippen LogP contribution is -2.15. The number of fused-ring (bicyclic) bond motifs is 1. The van der Waals surface area contributed by atoms with E-state index in [0.717, 1.165) is 5.39 Å². The van der Waals surface area contributed by atoms with E-state index in [1.807, 2.05) is 0 Å². The second-order valence-electron chi connectivity index (χ2n) is 7.73. The first-order valence-corrected chi connectivity index (χ1v) is 10.7. The van der Waals surface area contributed by atoms with E-state index in [0.29, 0.717) is 28.3 Å². The first-order chi connectivity index (χ1) is 17.0. The number of pyridine rings is 2. The number of halogens is 2. The molecule has 0 spiro atoms.